The molecule has 0 aromatic rings. The van der Waals surface area contributed by atoms with Gasteiger partial charge < -0.3 is 20.3 Å². The van der Waals surface area contributed by atoms with Crippen LogP contribution in [0.2, 0.25) is 0 Å². The Morgan fingerprint density at radius 2 is 1.70 bits per heavy atom. The molecule has 0 aromatic carbocycles. The summed E-state index contributed by atoms with van der Waals surface area (Å²) >= 11 is 1.26. The summed E-state index contributed by atoms with van der Waals surface area (Å²) in [7, 11) is 0. The number of ketones is 1. The van der Waals surface area contributed by atoms with Gasteiger partial charge in [0.15, 0.2) is 11.3 Å². The molecule has 9 nitrogen and oxygen atoms in total. The molecule has 190 valence electrons. The third-order valence-corrected chi connectivity index (χ3v) is 7.20. The number of carboxylic acids is 1. The van der Waals surface area contributed by atoms with Gasteiger partial charge in [0.05, 0.1) is 19.3 Å². The van der Waals surface area contributed by atoms with Gasteiger partial charge >= 0.3 is 17.9 Å². The summed E-state index contributed by atoms with van der Waals surface area (Å²) in [6.45, 7) is 7.58. The standard InChI is InChI=1S/C23H40N2O7S/c1-5-8-9-10-12-18(21(28)32-7-3)33-15-17(20(27)31-6-2)25-14-11-13-23(25,22(29)30)19(26)16(4)24/h16-18H,5-15,24H2,1-4H3,(H,29,30)/t16?,17-,18-,23?/m0/s1. The number of nitrogens with zero attached hydrogens (tertiary/aromatic N) is 1. The molecule has 1 saturated heterocycles. The molecule has 0 aliphatic carbocycles. The predicted molar refractivity (Wildman–Crippen MR) is 127 cm³/mol. The number of hydrogen-bond acceptors (Lipinski definition) is 9. The third-order valence-electron chi connectivity index (χ3n) is 5.86. The van der Waals surface area contributed by atoms with E-state index in [1.165, 1.54) is 23.6 Å². The first-order chi connectivity index (χ1) is 15.7. The number of carboxylic acid groups (broad SMARTS) is 1. The number of ether oxygens (including phenoxy) is 2. The van der Waals surface area contributed by atoms with Crippen molar-refractivity contribution >= 4 is 35.5 Å². The van der Waals surface area contributed by atoms with Gasteiger partial charge in [0, 0.05) is 12.3 Å². The Balaban J connectivity index is 3.17. The first kappa shape index (κ1) is 29.4. The molecular formula is C23H40N2O7S. The second kappa shape index (κ2) is 14.6. The van der Waals surface area contributed by atoms with Crippen molar-refractivity contribution in [1.29, 1.82) is 0 Å². The molecule has 1 fully saturated rings. The lowest BCUT2D eigenvalue weighted by Gasteiger charge is -2.38. The van der Waals surface area contributed by atoms with Crippen molar-refractivity contribution in [2.24, 2.45) is 5.73 Å². The number of aliphatic carboxylic acids is 1. The van der Waals surface area contributed by atoms with E-state index in [1.54, 1.807) is 13.8 Å². The number of unbranched alkanes of at least 4 members (excludes halogenated alkanes) is 3. The quantitative estimate of drug-likeness (QED) is 0.189. The Bertz CT molecular complexity index is 673. The molecule has 0 bridgehead atoms. The van der Waals surface area contributed by atoms with Gasteiger partial charge in [-0.3, -0.25) is 19.3 Å². The minimum atomic E-state index is -1.88. The van der Waals surface area contributed by atoms with E-state index in [-0.39, 0.29) is 37.9 Å². The van der Waals surface area contributed by atoms with E-state index in [2.05, 4.69) is 6.92 Å². The molecule has 1 aliphatic heterocycles. The van der Waals surface area contributed by atoms with Gasteiger partial charge in [-0.05, 0) is 40.0 Å². The number of thioether (sulfide) groups is 1. The van der Waals surface area contributed by atoms with Gasteiger partial charge in [0.2, 0.25) is 0 Å². The minimum Gasteiger partial charge on any atom is -0.480 e. The summed E-state index contributed by atoms with van der Waals surface area (Å²) in [6, 6.07) is -1.99. The lowest BCUT2D eigenvalue weighted by Crippen LogP contribution is -2.65. The van der Waals surface area contributed by atoms with Crippen LogP contribution in [0.4, 0.5) is 0 Å². The fourth-order valence-electron chi connectivity index (χ4n) is 4.23. The highest BCUT2D eigenvalue weighted by Gasteiger charge is 2.57. The van der Waals surface area contributed by atoms with E-state index in [0.29, 0.717) is 12.8 Å². The molecule has 0 amide bonds. The molecule has 0 saturated carbocycles. The Morgan fingerprint density at radius 1 is 1.06 bits per heavy atom. The molecule has 2 unspecified atom stereocenters. The average Bonchev–Trinajstić information content (AvgIpc) is 3.20. The van der Waals surface area contributed by atoms with E-state index in [0.717, 1.165) is 25.7 Å². The zero-order chi connectivity index (χ0) is 25.0. The minimum absolute atomic E-state index is 0.0710. The summed E-state index contributed by atoms with van der Waals surface area (Å²) in [4.78, 5) is 52.2. The second-order valence-corrected chi connectivity index (χ2v) is 9.54. The van der Waals surface area contributed by atoms with Crippen LogP contribution in [-0.4, -0.2) is 82.1 Å². The fourth-order valence-corrected chi connectivity index (χ4v) is 5.50. The predicted octanol–water partition coefficient (Wildman–Crippen LogP) is 2.39. The van der Waals surface area contributed by atoms with Crippen LogP contribution in [0.1, 0.15) is 72.6 Å². The highest BCUT2D eigenvalue weighted by molar-refractivity contribution is 8.00. The molecule has 1 heterocycles. The maximum atomic E-state index is 13.0. The summed E-state index contributed by atoms with van der Waals surface area (Å²) < 4.78 is 10.5. The Hall–Kier alpha value is -1.65. The summed E-state index contributed by atoms with van der Waals surface area (Å²) in [5.74, 6) is -2.80. The Labute approximate surface area is 201 Å². The van der Waals surface area contributed by atoms with Crippen molar-refractivity contribution in [3.8, 4) is 0 Å². The molecule has 4 atom stereocenters. The summed E-state index contributed by atoms with van der Waals surface area (Å²) in [6.07, 6.45) is 5.08. The Morgan fingerprint density at radius 3 is 2.24 bits per heavy atom. The SMILES string of the molecule is CCCCCC[C@H](SC[C@@H](C(=O)OCC)N1CCCC1(C(=O)O)C(=O)C(C)N)C(=O)OCC. The fraction of sp³-hybridized carbons (Fsp3) is 0.826. The van der Waals surface area contributed by atoms with Gasteiger partial charge in [-0.1, -0.05) is 32.6 Å². The van der Waals surface area contributed by atoms with Crippen molar-refractivity contribution in [1.82, 2.24) is 4.90 Å². The van der Waals surface area contributed by atoms with Crippen LogP contribution >= 0.6 is 11.8 Å². The second-order valence-electron chi connectivity index (χ2n) is 8.31. The van der Waals surface area contributed by atoms with E-state index < -0.39 is 40.6 Å². The smallest absolute Gasteiger partial charge is 0.332 e. The normalized spacial score (nSPS) is 21.2. The van der Waals surface area contributed by atoms with Crippen molar-refractivity contribution in [3.05, 3.63) is 0 Å². The van der Waals surface area contributed by atoms with Crippen LogP contribution in [0.3, 0.4) is 0 Å². The number of carbonyl (C=O) groups is 4. The number of rotatable bonds is 16. The van der Waals surface area contributed by atoms with Crippen LogP contribution in [0.15, 0.2) is 0 Å². The first-order valence-electron chi connectivity index (χ1n) is 11.9. The van der Waals surface area contributed by atoms with Crippen LogP contribution in [0, 0.1) is 0 Å². The average molecular weight is 489 g/mol. The zero-order valence-electron chi connectivity index (χ0n) is 20.3. The number of likely N-dealkylation sites (tertiary alicyclic amines) is 1. The van der Waals surface area contributed by atoms with Crippen LogP contribution in [0.5, 0.6) is 0 Å². The van der Waals surface area contributed by atoms with Crippen molar-refractivity contribution in [2.75, 3.05) is 25.5 Å². The molecule has 1 rings (SSSR count). The highest BCUT2D eigenvalue weighted by Crippen LogP contribution is 2.35. The molecule has 3 N–H and O–H groups in total. The summed E-state index contributed by atoms with van der Waals surface area (Å²) in [5, 5.41) is 9.58. The third kappa shape index (κ3) is 7.68. The van der Waals surface area contributed by atoms with E-state index >= 15 is 0 Å². The van der Waals surface area contributed by atoms with Gasteiger partial charge in [0.1, 0.15) is 11.3 Å². The molecule has 10 heteroatoms. The topological polar surface area (TPSA) is 136 Å². The highest BCUT2D eigenvalue weighted by atomic mass is 32.2. The first-order valence-corrected chi connectivity index (χ1v) is 13.0. The van der Waals surface area contributed by atoms with E-state index in [9.17, 15) is 24.3 Å². The van der Waals surface area contributed by atoms with Gasteiger partial charge in [0.25, 0.3) is 0 Å². The molecule has 0 aromatic heterocycles. The van der Waals surface area contributed by atoms with Crippen LogP contribution < -0.4 is 5.73 Å². The number of esters is 2. The number of hydrogen-bond donors (Lipinski definition) is 2. The van der Waals surface area contributed by atoms with Crippen molar-refractivity contribution in [2.45, 2.75) is 95.5 Å². The molecular weight excluding hydrogens is 448 g/mol. The van der Waals surface area contributed by atoms with E-state index in [1.807, 2.05) is 0 Å². The number of carbonyl (C=O) groups excluding carboxylic acids is 3. The summed E-state index contributed by atoms with van der Waals surface area (Å²) in [5.41, 5.74) is 3.91. The van der Waals surface area contributed by atoms with Crippen molar-refractivity contribution in [3.63, 3.8) is 0 Å². The monoisotopic (exact) mass is 488 g/mol. The molecule has 0 spiro atoms. The maximum Gasteiger partial charge on any atom is 0.332 e. The molecule has 0 radical (unpaired) electrons. The lowest BCUT2D eigenvalue weighted by molar-refractivity contribution is -0.162. The zero-order valence-corrected chi connectivity index (χ0v) is 21.2. The van der Waals surface area contributed by atoms with Crippen molar-refractivity contribution < 1.29 is 33.8 Å². The number of Topliss-reactive ketones (excluding diaryl/α,β-unsaturated/α-hetero) is 1. The Kier molecular flexibility index (Phi) is 13.0. The largest absolute Gasteiger partial charge is 0.480 e. The van der Waals surface area contributed by atoms with Gasteiger partial charge in [-0.25, -0.2) is 4.79 Å². The lowest BCUT2D eigenvalue weighted by atomic mass is 9.86. The van der Waals surface area contributed by atoms with E-state index in [4.69, 9.17) is 15.2 Å². The van der Waals surface area contributed by atoms with Gasteiger partial charge in [-0.2, -0.15) is 0 Å². The maximum absolute atomic E-state index is 13.0. The van der Waals surface area contributed by atoms with Crippen LogP contribution in [-0.2, 0) is 28.7 Å². The number of nitrogens with two attached hydrogens (primary N) is 1. The molecule has 33 heavy (non-hydrogen) atoms. The van der Waals surface area contributed by atoms with Gasteiger partial charge in [-0.15, -0.1) is 11.8 Å². The molecule has 1 aliphatic rings. The van der Waals surface area contributed by atoms with Crippen LogP contribution in [0.25, 0.3) is 0 Å².